The standard InChI is InChI=1S/C77H54N6S2/c1-43-33-37-62-53(39-43)50-35-36-51-49-25-13-19-31-64(49)84-74(51)70(50)82(62)68-56(42-78)69(80-58-27-15-9-21-45(58)46-22-10-16-28-59(46)80)73(72(67(68)79-8)81-60-29-17-11-23-47(60)48-24-12-18-30-61(48)81)83-63-38-34-44(76(2,3)4)40-54(63)55-41-57(77(5,6)7)66-52-26-14-20-32-65(52)85-75(66)71(55)83/h9-41H,1-7H3/i1D3,13D,19D,25D,31D,33D,35D,36D,37D,39D. The van der Waals surface area contributed by atoms with Crippen molar-refractivity contribution in [2.24, 2.45) is 0 Å². The quantitative estimate of drug-likeness (QED) is 0.162. The van der Waals surface area contributed by atoms with E-state index in [0.29, 0.717) is 27.8 Å². The molecular formula is C77H54N6S2. The Morgan fingerprint density at radius 1 is 0.471 bits per heavy atom. The predicted octanol–water partition coefficient (Wildman–Crippen LogP) is 22.1. The van der Waals surface area contributed by atoms with Crippen molar-refractivity contribution >= 4 is 156 Å². The van der Waals surface area contributed by atoms with Gasteiger partial charge in [0.1, 0.15) is 6.07 Å². The van der Waals surface area contributed by atoms with Crippen LogP contribution >= 0.6 is 22.7 Å². The summed E-state index contributed by atoms with van der Waals surface area (Å²) in [6.45, 7) is 20.3. The van der Waals surface area contributed by atoms with Crippen molar-refractivity contribution in [1.82, 2.24) is 18.3 Å². The smallest absolute Gasteiger partial charge is 0.237 e. The number of hydrogen-bond donors (Lipinski definition) is 0. The van der Waals surface area contributed by atoms with Crippen molar-refractivity contribution in [3.8, 4) is 28.8 Å². The summed E-state index contributed by atoms with van der Waals surface area (Å²) in [6.07, 6.45) is 0. The van der Waals surface area contributed by atoms with Gasteiger partial charge in [0.05, 0.1) is 101 Å². The molecule has 0 amide bonds. The predicted molar refractivity (Wildman–Crippen MR) is 363 cm³/mol. The summed E-state index contributed by atoms with van der Waals surface area (Å²) in [5, 5.41) is 19.8. The average Bonchev–Trinajstić information content (AvgIpc) is 1.45. The van der Waals surface area contributed by atoms with Gasteiger partial charge in [-0.25, -0.2) is 4.85 Å². The summed E-state index contributed by atoms with van der Waals surface area (Å²) >= 11 is 2.56. The normalized spacial score (nSPS) is 14.8. The molecule has 0 aliphatic carbocycles. The third-order valence-electron chi connectivity index (χ3n) is 17.3. The molecule has 11 aromatic carbocycles. The first kappa shape index (κ1) is 38.7. The molecule has 6 heterocycles. The Bertz CT molecular complexity index is 6340. The third kappa shape index (κ3) is 6.72. The lowest BCUT2D eigenvalue weighted by atomic mass is 9.82. The summed E-state index contributed by atoms with van der Waals surface area (Å²) in [4.78, 5) is 4.73. The SMILES string of the molecule is [2H]c1c([2H])c([2H])c2c(sc3c2c([2H])c([2H])c2c4c([2H])c(C([2H])([2H])[2H])c([2H])c([2H])c4n(-c4c(C#N)c(-n5c6ccccc6c6ccccc65)c(-n5c6ccc(C(C)(C)C)cc6c6cc(C(C)(C)C)c7c8ccccc8sc7c65)c(-n5c6ccccc6c6ccccc65)c4[N+]#[C-])c32)c1[2H]. The third-order valence-corrected chi connectivity index (χ3v) is 19.6. The van der Waals surface area contributed by atoms with Crippen LogP contribution in [0.4, 0.5) is 5.69 Å². The zero-order valence-electron chi connectivity index (χ0n) is 58.9. The fourth-order valence-electron chi connectivity index (χ4n) is 13.6. The molecule has 0 radical (unpaired) electrons. The molecule has 0 fully saturated rings. The molecule has 0 saturated carbocycles. The van der Waals surface area contributed by atoms with E-state index in [0.717, 1.165) is 86.0 Å². The van der Waals surface area contributed by atoms with Crippen LogP contribution in [0.3, 0.4) is 0 Å². The van der Waals surface area contributed by atoms with Crippen LogP contribution < -0.4 is 0 Å². The first-order chi connectivity index (χ1) is 46.3. The fourth-order valence-corrected chi connectivity index (χ4v) is 16.0. The second-order valence-corrected chi connectivity index (χ2v) is 26.1. The summed E-state index contributed by atoms with van der Waals surface area (Å²) in [7, 11) is 0. The van der Waals surface area contributed by atoms with Crippen LogP contribution in [0, 0.1) is 24.8 Å². The highest BCUT2D eigenvalue weighted by Crippen LogP contribution is 2.55. The van der Waals surface area contributed by atoms with E-state index in [-0.39, 0.29) is 81.1 Å². The Morgan fingerprint density at radius 2 is 1.04 bits per heavy atom. The van der Waals surface area contributed by atoms with E-state index < -0.39 is 66.8 Å². The summed E-state index contributed by atoms with van der Waals surface area (Å²) < 4.78 is 123. The molecule has 0 aliphatic rings. The van der Waals surface area contributed by atoms with E-state index in [4.69, 9.17) is 11.7 Å². The minimum atomic E-state index is -3.16. The maximum Gasteiger partial charge on any atom is 0.237 e. The van der Waals surface area contributed by atoms with Crippen molar-refractivity contribution in [3.05, 3.63) is 234 Å². The van der Waals surface area contributed by atoms with E-state index in [1.807, 2.05) is 103 Å². The number of aromatic nitrogens is 4. The highest BCUT2D eigenvalue weighted by molar-refractivity contribution is 7.27. The van der Waals surface area contributed by atoms with Crippen LogP contribution in [0.1, 0.15) is 80.2 Å². The van der Waals surface area contributed by atoms with Crippen molar-refractivity contribution in [1.29, 1.82) is 5.26 Å². The Morgan fingerprint density at radius 3 is 1.66 bits per heavy atom. The van der Waals surface area contributed by atoms with Gasteiger partial charge in [-0.3, -0.25) is 0 Å². The number of fused-ring (bicyclic) bond motifs is 20. The maximum absolute atomic E-state index is 13.2. The molecule has 0 spiro atoms. The Labute approximate surface area is 515 Å². The molecule has 0 atom stereocenters. The van der Waals surface area contributed by atoms with Crippen LogP contribution in [0.5, 0.6) is 0 Å². The first-order valence-electron chi connectivity index (χ1n) is 34.1. The van der Waals surface area contributed by atoms with Crippen molar-refractivity contribution < 1.29 is 16.4 Å². The van der Waals surface area contributed by atoms with Crippen LogP contribution in [0.2, 0.25) is 0 Å². The molecule has 8 heteroatoms. The molecule has 6 nitrogen and oxygen atoms in total. The number of rotatable bonds is 4. The number of para-hydroxylation sites is 4. The molecule has 85 heavy (non-hydrogen) atoms. The monoisotopic (exact) mass is 1140 g/mol. The zero-order valence-corrected chi connectivity index (χ0v) is 48.5. The van der Waals surface area contributed by atoms with E-state index in [1.54, 1.807) is 11.3 Å². The molecule has 17 aromatic rings. The average molecular weight is 1140 g/mol. The lowest BCUT2D eigenvalue weighted by molar-refractivity contribution is 0.591. The molecule has 0 aliphatic heterocycles. The van der Waals surface area contributed by atoms with E-state index in [2.05, 4.69) is 104 Å². The maximum atomic E-state index is 13.2. The van der Waals surface area contributed by atoms with Gasteiger partial charge in [-0.1, -0.05) is 180 Å². The fraction of sp³-hybridized carbons (Fsp3) is 0.117. The Hall–Kier alpha value is -9.96. The van der Waals surface area contributed by atoms with Gasteiger partial charge in [-0.05, 0) is 95.5 Å². The van der Waals surface area contributed by atoms with Gasteiger partial charge in [0, 0.05) is 78.1 Å². The van der Waals surface area contributed by atoms with Crippen molar-refractivity contribution in [2.75, 3.05) is 0 Å². The van der Waals surface area contributed by atoms with Crippen LogP contribution in [0.25, 0.3) is 155 Å². The van der Waals surface area contributed by atoms with Crippen LogP contribution in [-0.4, -0.2) is 18.3 Å². The summed E-state index contributed by atoms with van der Waals surface area (Å²) in [5.74, 6) is 0. The number of benzene rings is 11. The lowest BCUT2D eigenvalue weighted by Crippen LogP contribution is -2.15. The van der Waals surface area contributed by atoms with Gasteiger partial charge in [-0.15, -0.1) is 22.7 Å². The highest BCUT2D eigenvalue weighted by Gasteiger charge is 2.37. The van der Waals surface area contributed by atoms with E-state index in [9.17, 15) is 21.4 Å². The lowest BCUT2D eigenvalue weighted by Gasteiger charge is -2.28. The van der Waals surface area contributed by atoms with Crippen molar-refractivity contribution in [3.63, 3.8) is 0 Å². The molecule has 0 unspecified atom stereocenters. The topological polar surface area (TPSA) is 47.9 Å². The van der Waals surface area contributed by atoms with Gasteiger partial charge in [-0.2, -0.15) is 5.26 Å². The second kappa shape index (κ2) is 17.5. The number of nitriles is 1. The van der Waals surface area contributed by atoms with Gasteiger partial charge in [0.25, 0.3) is 0 Å². The second-order valence-electron chi connectivity index (χ2n) is 24.1. The Kier molecular flexibility index (Phi) is 8.00. The number of thiophene rings is 2. The largest absolute Gasteiger partial charge is 0.317 e. The summed E-state index contributed by atoms with van der Waals surface area (Å²) in [6, 6.07) is 46.2. The highest BCUT2D eigenvalue weighted by atomic mass is 32.1. The van der Waals surface area contributed by atoms with Gasteiger partial charge < -0.3 is 18.3 Å². The van der Waals surface area contributed by atoms with Gasteiger partial charge in [0.2, 0.25) is 5.69 Å². The van der Waals surface area contributed by atoms with Crippen LogP contribution in [0.15, 0.2) is 200 Å². The first-order valence-corrected chi connectivity index (χ1v) is 29.8. The van der Waals surface area contributed by atoms with E-state index in [1.165, 1.54) is 4.57 Å². The molecule has 17 rings (SSSR count). The zero-order chi connectivity index (χ0) is 67.9. The molecular weight excluding hydrogens is 1070 g/mol. The summed E-state index contributed by atoms with van der Waals surface area (Å²) in [5.41, 5.74) is 5.00. The number of hydrogen-bond acceptors (Lipinski definition) is 3. The molecule has 0 bridgehead atoms. The molecule has 0 N–H and O–H groups in total. The number of nitrogens with zero attached hydrogens (tertiary/aromatic N) is 6. The molecule has 0 saturated heterocycles. The van der Waals surface area contributed by atoms with Crippen LogP contribution in [-0.2, 0) is 10.8 Å². The van der Waals surface area contributed by atoms with E-state index >= 15 is 0 Å². The van der Waals surface area contributed by atoms with Crippen molar-refractivity contribution in [2.45, 2.75) is 59.2 Å². The molecule has 404 valence electrons. The minimum Gasteiger partial charge on any atom is -0.317 e. The van der Waals surface area contributed by atoms with Gasteiger partial charge >= 0.3 is 0 Å². The van der Waals surface area contributed by atoms with Gasteiger partial charge in [0.15, 0.2) is 0 Å². The molecule has 6 aromatic heterocycles. The Balaban J connectivity index is 1.25. The minimum absolute atomic E-state index is 0.0288.